The molecule has 82 valence electrons. The van der Waals surface area contributed by atoms with E-state index in [1.54, 1.807) is 0 Å². The third-order valence-corrected chi connectivity index (χ3v) is 3.00. The van der Waals surface area contributed by atoms with Crippen LogP contribution in [0, 0.1) is 0 Å². The van der Waals surface area contributed by atoms with Crippen molar-refractivity contribution >= 4 is 0 Å². The summed E-state index contributed by atoms with van der Waals surface area (Å²) in [6, 6.07) is 9.03. The van der Waals surface area contributed by atoms with Gasteiger partial charge in [0.15, 0.2) is 0 Å². The lowest BCUT2D eigenvalue weighted by Crippen LogP contribution is -2.48. The summed E-state index contributed by atoms with van der Waals surface area (Å²) in [4.78, 5) is 0. The van der Waals surface area contributed by atoms with Crippen molar-refractivity contribution in [2.24, 2.45) is 0 Å². The van der Waals surface area contributed by atoms with Crippen LogP contribution in [0.15, 0.2) is 24.3 Å². The van der Waals surface area contributed by atoms with Crippen molar-refractivity contribution in [3.05, 3.63) is 35.4 Å². The van der Waals surface area contributed by atoms with E-state index in [2.05, 4.69) is 37.4 Å². The van der Waals surface area contributed by atoms with Gasteiger partial charge in [0.1, 0.15) is 0 Å². The summed E-state index contributed by atoms with van der Waals surface area (Å²) in [6.07, 6.45) is 1.47. The van der Waals surface area contributed by atoms with E-state index >= 15 is 0 Å². The zero-order valence-corrected chi connectivity index (χ0v) is 9.40. The summed E-state index contributed by atoms with van der Waals surface area (Å²) in [5.74, 6) is 0. The van der Waals surface area contributed by atoms with Crippen LogP contribution < -0.4 is 5.32 Å². The van der Waals surface area contributed by atoms with Crippen LogP contribution in [-0.4, -0.2) is 23.3 Å². The summed E-state index contributed by atoms with van der Waals surface area (Å²) >= 11 is 0. The van der Waals surface area contributed by atoms with Crippen LogP contribution in [-0.2, 0) is 12.8 Å². The molecule has 0 aliphatic heterocycles. The zero-order valence-electron chi connectivity index (χ0n) is 9.40. The van der Waals surface area contributed by atoms with Gasteiger partial charge in [-0.1, -0.05) is 38.1 Å². The Morgan fingerprint density at radius 1 is 1.20 bits per heavy atom. The van der Waals surface area contributed by atoms with Crippen molar-refractivity contribution in [1.82, 2.24) is 5.32 Å². The number of aliphatic hydroxyl groups excluding tert-OH is 1. The van der Waals surface area contributed by atoms with E-state index in [0.29, 0.717) is 6.04 Å². The molecule has 2 nitrogen and oxygen atoms in total. The Hall–Kier alpha value is -0.860. The second-order valence-corrected chi connectivity index (χ2v) is 4.67. The smallest absolute Gasteiger partial charge is 0.0736 e. The van der Waals surface area contributed by atoms with Crippen molar-refractivity contribution < 1.29 is 5.11 Å². The van der Waals surface area contributed by atoms with Gasteiger partial charge in [0, 0.05) is 18.5 Å². The Morgan fingerprint density at radius 3 is 2.40 bits per heavy atom. The minimum absolute atomic E-state index is 0.208. The van der Waals surface area contributed by atoms with E-state index in [9.17, 15) is 5.11 Å². The first-order valence-electron chi connectivity index (χ1n) is 5.67. The van der Waals surface area contributed by atoms with Gasteiger partial charge in [-0.25, -0.2) is 0 Å². The molecule has 1 aromatic carbocycles. The highest BCUT2D eigenvalue weighted by Gasteiger charge is 2.26. The molecule has 1 aliphatic carbocycles. The molecule has 0 bridgehead atoms. The van der Waals surface area contributed by atoms with Crippen LogP contribution in [0.5, 0.6) is 0 Å². The highest BCUT2D eigenvalue weighted by Crippen LogP contribution is 2.21. The summed E-state index contributed by atoms with van der Waals surface area (Å²) in [6.45, 7) is 4.24. The predicted molar refractivity (Wildman–Crippen MR) is 61.9 cm³/mol. The van der Waals surface area contributed by atoms with Gasteiger partial charge in [0.05, 0.1) is 6.10 Å². The molecule has 1 aliphatic rings. The van der Waals surface area contributed by atoms with Crippen LogP contribution >= 0.6 is 0 Å². The Balaban J connectivity index is 2.14. The second-order valence-electron chi connectivity index (χ2n) is 4.67. The largest absolute Gasteiger partial charge is 0.391 e. The number of aliphatic hydroxyl groups is 1. The first kappa shape index (κ1) is 10.7. The van der Waals surface area contributed by atoms with Gasteiger partial charge in [-0.2, -0.15) is 0 Å². The molecule has 0 saturated heterocycles. The number of nitrogens with one attached hydrogen (secondary N) is 1. The molecule has 1 aromatic rings. The van der Waals surface area contributed by atoms with Crippen molar-refractivity contribution in [2.75, 3.05) is 0 Å². The molecule has 2 heteroatoms. The molecule has 0 heterocycles. The molecule has 15 heavy (non-hydrogen) atoms. The van der Waals surface area contributed by atoms with Crippen LogP contribution in [0.2, 0.25) is 0 Å². The first-order valence-corrected chi connectivity index (χ1v) is 5.67. The number of hydrogen-bond acceptors (Lipinski definition) is 2. The third-order valence-electron chi connectivity index (χ3n) is 3.00. The Labute approximate surface area is 91.3 Å². The van der Waals surface area contributed by atoms with E-state index in [1.807, 2.05) is 6.07 Å². The highest BCUT2D eigenvalue weighted by molar-refractivity contribution is 5.31. The average Bonchev–Trinajstić information content (AvgIpc) is 2.18. The number of hydrogen-bond donors (Lipinski definition) is 2. The molecule has 2 N–H and O–H groups in total. The molecule has 0 aromatic heterocycles. The zero-order chi connectivity index (χ0) is 10.8. The van der Waals surface area contributed by atoms with Crippen LogP contribution in [0.4, 0.5) is 0 Å². The summed E-state index contributed by atoms with van der Waals surface area (Å²) in [7, 11) is 0. The molecule has 2 atom stereocenters. The van der Waals surface area contributed by atoms with Gasteiger partial charge < -0.3 is 10.4 Å². The number of benzene rings is 1. The number of fused-ring (bicyclic) bond motifs is 1. The molecule has 0 radical (unpaired) electrons. The van der Waals surface area contributed by atoms with Crippen LogP contribution in [0.1, 0.15) is 25.0 Å². The highest BCUT2D eigenvalue weighted by atomic mass is 16.3. The van der Waals surface area contributed by atoms with Crippen molar-refractivity contribution in [3.63, 3.8) is 0 Å². The van der Waals surface area contributed by atoms with Crippen LogP contribution in [0.3, 0.4) is 0 Å². The van der Waals surface area contributed by atoms with Crippen molar-refractivity contribution in [2.45, 2.75) is 44.9 Å². The first-order chi connectivity index (χ1) is 7.16. The van der Waals surface area contributed by atoms with E-state index < -0.39 is 0 Å². The fraction of sp³-hybridized carbons (Fsp3) is 0.538. The van der Waals surface area contributed by atoms with Crippen molar-refractivity contribution in [3.8, 4) is 0 Å². The minimum Gasteiger partial charge on any atom is -0.391 e. The maximum atomic E-state index is 10.0. The fourth-order valence-electron chi connectivity index (χ4n) is 2.29. The second kappa shape index (κ2) is 4.33. The average molecular weight is 205 g/mol. The third kappa shape index (κ3) is 2.39. The topological polar surface area (TPSA) is 32.3 Å². The van der Waals surface area contributed by atoms with E-state index in [-0.39, 0.29) is 12.1 Å². The van der Waals surface area contributed by atoms with E-state index in [1.165, 1.54) is 11.1 Å². The summed E-state index contributed by atoms with van der Waals surface area (Å²) in [5, 5.41) is 13.4. The van der Waals surface area contributed by atoms with Crippen LogP contribution in [0.25, 0.3) is 0 Å². The molecule has 0 fully saturated rings. The van der Waals surface area contributed by atoms with E-state index in [4.69, 9.17) is 0 Å². The minimum atomic E-state index is -0.248. The van der Waals surface area contributed by atoms with Gasteiger partial charge in [0.2, 0.25) is 0 Å². The van der Waals surface area contributed by atoms with E-state index in [0.717, 1.165) is 12.8 Å². The fourth-order valence-corrected chi connectivity index (χ4v) is 2.29. The lowest BCUT2D eigenvalue weighted by atomic mass is 9.86. The van der Waals surface area contributed by atoms with Gasteiger partial charge >= 0.3 is 0 Å². The molecular weight excluding hydrogens is 186 g/mol. The lowest BCUT2D eigenvalue weighted by Gasteiger charge is -2.31. The van der Waals surface area contributed by atoms with Gasteiger partial charge in [0.25, 0.3) is 0 Å². The summed E-state index contributed by atoms with van der Waals surface area (Å²) in [5.41, 5.74) is 2.67. The molecular formula is C13H19NO. The maximum absolute atomic E-state index is 10.0. The number of rotatable bonds is 2. The maximum Gasteiger partial charge on any atom is 0.0736 e. The van der Waals surface area contributed by atoms with Gasteiger partial charge in [-0.05, 0) is 17.5 Å². The molecule has 0 unspecified atom stereocenters. The Morgan fingerprint density at radius 2 is 1.80 bits per heavy atom. The quantitative estimate of drug-likeness (QED) is 0.767. The van der Waals surface area contributed by atoms with Gasteiger partial charge in [-0.15, -0.1) is 0 Å². The Bertz CT molecular complexity index is 335. The molecule has 2 rings (SSSR count). The lowest BCUT2D eigenvalue weighted by molar-refractivity contribution is 0.115. The summed E-state index contributed by atoms with van der Waals surface area (Å²) < 4.78 is 0. The molecule has 0 saturated carbocycles. The van der Waals surface area contributed by atoms with Crippen molar-refractivity contribution in [1.29, 1.82) is 0 Å². The molecule has 0 spiro atoms. The molecule has 0 amide bonds. The monoisotopic (exact) mass is 205 g/mol. The Kier molecular flexibility index (Phi) is 3.08. The standard InChI is InChI=1S/C13H19NO/c1-9(2)14-12-7-10-5-3-4-6-11(10)8-13(12)15/h3-6,9,12-15H,7-8H2,1-2H3/t12-,13+/m0/s1. The normalized spacial score (nSPS) is 25.3. The predicted octanol–water partition coefficient (Wildman–Crippen LogP) is 1.51. The van der Waals surface area contributed by atoms with Gasteiger partial charge in [-0.3, -0.25) is 0 Å². The SMILES string of the molecule is CC(C)N[C@H]1Cc2ccccc2C[C@H]1O.